The lowest BCUT2D eigenvalue weighted by molar-refractivity contribution is -0.128. The first-order valence-electron chi connectivity index (χ1n) is 10.9. The molecule has 2 aliphatic rings. The predicted molar refractivity (Wildman–Crippen MR) is 115 cm³/mol. The molecule has 2 fully saturated rings. The molecule has 2 aromatic heterocycles. The second-order valence-corrected chi connectivity index (χ2v) is 8.74. The van der Waals surface area contributed by atoms with Crippen molar-refractivity contribution in [2.45, 2.75) is 57.5 Å². The number of amides is 2. The molecule has 1 aliphatic heterocycles. The Bertz CT molecular complexity index is 968. The predicted octanol–water partition coefficient (Wildman–Crippen LogP) is 2.75. The summed E-state index contributed by atoms with van der Waals surface area (Å²) in [5.41, 5.74) is 1.11. The highest BCUT2D eigenvalue weighted by atomic mass is 16.5. The zero-order valence-electron chi connectivity index (χ0n) is 18.7. The molecule has 0 bridgehead atoms. The molecule has 2 aromatic rings. The molecule has 0 N–H and O–H groups in total. The van der Waals surface area contributed by atoms with E-state index in [1.165, 1.54) is 6.92 Å². The molecule has 0 aromatic carbocycles. The van der Waals surface area contributed by atoms with Crippen LogP contribution in [-0.2, 0) is 11.3 Å². The number of piperidine rings is 1. The zero-order valence-corrected chi connectivity index (χ0v) is 18.7. The SMILES string of the molecule is CC(=O)N(C)Cc1cc(N(C)C)nc(C2CCCCN2C(=O)c2cc(C3CC3)on2)n1. The fourth-order valence-electron chi connectivity index (χ4n) is 3.86. The number of likely N-dealkylation sites (tertiary alicyclic amines) is 1. The minimum atomic E-state index is -0.233. The van der Waals surface area contributed by atoms with Crippen molar-refractivity contribution in [2.24, 2.45) is 0 Å². The Morgan fingerprint density at radius 3 is 2.58 bits per heavy atom. The van der Waals surface area contributed by atoms with Crippen LogP contribution < -0.4 is 4.90 Å². The summed E-state index contributed by atoms with van der Waals surface area (Å²) in [6, 6.07) is 3.44. The molecular weight excluding hydrogens is 396 g/mol. The van der Waals surface area contributed by atoms with Crippen LogP contribution in [-0.4, -0.2) is 64.4 Å². The Morgan fingerprint density at radius 2 is 1.90 bits per heavy atom. The van der Waals surface area contributed by atoms with Crippen LogP contribution in [0.2, 0.25) is 0 Å². The summed E-state index contributed by atoms with van der Waals surface area (Å²) in [5.74, 6) is 2.41. The second kappa shape index (κ2) is 8.64. The Kier molecular flexibility index (Phi) is 5.93. The van der Waals surface area contributed by atoms with Crippen LogP contribution in [0.5, 0.6) is 0 Å². The van der Waals surface area contributed by atoms with Gasteiger partial charge in [0.2, 0.25) is 5.91 Å². The Morgan fingerprint density at radius 1 is 1.13 bits per heavy atom. The number of aromatic nitrogens is 3. The monoisotopic (exact) mass is 426 g/mol. The fourth-order valence-corrected chi connectivity index (χ4v) is 3.86. The molecular formula is C22H30N6O3. The molecule has 31 heavy (non-hydrogen) atoms. The molecule has 4 rings (SSSR count). The highest BCUT2D eigenvalue weighted by Crippen LogP contribution is 2.40. The van der Waals surface area contributed by atoms with Crippen molar-refractivity contribution in [3.05, 3.63) is 35.1 Å². The number of rotatable bonds is 6. The van der Waals surface area contributed by atoms with E-state index < -0.39 is 0 Å². The molecule has 1 atom stereocenters. The van der Waals surface area contributed by atoms with Crippen LogP contribution in [0.15, 0.2) is 16.7 Å². The van der Waals surface area contributed by atoms with Gasteiger partial charge in [-0.25, -0.2) is 9.97 Å². The van der Waals surface area contributed by atoms with Gasteiger partial charge in [-0.3, -0.25) is 9.59 Å². The zero-order chi connectivity index (χ0) is 22.1. The normalized spacial score (nSPS) is 18.7. The maximum absolute atomic E-state index is 13.3. The molecule has 2 amide bonds. The van der Waals surface area contributed by atoms with E-state index >= 15 is 0 Å². The molecule has 166 valence electrons. The van der Waals surface area contributed by atoms with Crippen molar-refractivity contribution in [1.29, 1.82) is 0 Å². The summed E-state index contributed by atoms with van der Waals surface area (Å²) in [4.78, 5) is 39.9. The van der Waals surface area contributed by atoms with Crippen molar-refractivity contribution < 1.29 is 14.1 Å². The van der Waals surface area contributed by atoms with E-state index in [9.17, 15) is 9.59 Å². The van der Waals surface area contributed by atoms with Crippen molar-refractivity contribution in [2.75, 3.05) is 32.6 Å². The standard InChI is InChI=1S/C22H30N6O3/c1-14(29)27(4)13-16-11-20(26(2)3)24-21(23-16)18-7-5-6-10-28(18)22(30)17-12-19(31-25-17)15-8-9-15/h11-12,15,18H,5-10,13H2,1-4H3. The smallest absolute Gasteiger partial charge is 0.276 e. The third-order valence-corrected chi connectivity index (χ3v) is 5.97. The minimum Gasteiger partial charge on any atom is -0.363 e. The van der Waals surface area contributed by atoms with E-state index in [4.69, 9.17) is 14.5 Å². The van der Waals surface area contributed by atoms with Crippen LogP contribution >= 0.6 is 0 Å². The molecule has 9 heteroatoms. The van der Waals surface area contributed by atoms with Gasteiger partial charge in [-0.15, -0.1) is 0 Å². The number of anilines is 1. The highest BCUT2D eigenvalue weighted by molar-refractivity contribution is 5.92. The van der Waals surface area contributed by atoms with Gasteiger partial charge in [-0.1, -0.05) is 5.16 Å². The van der Waals surface area contributed by atoms with Crippen LogP contribution in [0.1, 0.15) is 78.8 Å². The summed E-state index contributed by atoms with van der Waals surface area (Å²) in [7, 11) is 5.59. The molecule has 1 aliphatic carbocycles. The third kappa shape index (κ3) is 4.70. The summed E-state index contributed by atoms with van der Waals surface area (Å²) in [5, 5.41) is 4.04. The van der Waals surface area contributed by atoms with E-state index in [0.29, 0.717) is 30.5 Å². The molecule has 0 spiro atoms. The van der Waals surface area contributed by atoms with Gasteiger partial charge in [0.25, 0.3) is 5.91 Å². The number of carbonyl (C=O) groups is 2. The van der Waals surface area contributed by atoms with Gasteiger partial charge in [0.05, 0.1) is 18.3 Å². The van der Waals surface area contributed by atoms with E-state index in [1.54, 1.807) is 18.0 Å². The lowest BCUT2D eigenvalue weighted by Gasteiger charge is -2.34. The maximum atomic E-state index is 13.3. The molecule has 3 heterocycles. The average Bonchev–Trinajstić information content (AvgIpc) is 3.49. The topological polar surface area (TPSA) is 95.7 Å². The van der Waals surface area contributed by atoms with Gasteiger partial charge in [-0.05, 0) is 32.1 Å². The van der Waals surface area contributed by atoms with Crippen molar-refractivity contribution >= 4 is 17.6 Å². The first-order chi connectivity index (χ1) is 14.8. The van der Waals surface area contributed by atoms with Crippen LogP contribution in [0.4, 0.5) is 5.82 Å². The van der Waals surface area contributed by atoms with E-state index in [-0.39, 0.29) is 17.9 Å². The van der Waals surface area contributed by atoms with Crippen molar-refractivity contribution in [3.63, 3.8) is 0 Å². The summed E-state index contributed by atoms with van der Waals surface area (Å²) in [6.45, 7) is 2.55. The molecule has 1 unspecified atom stereocenters. The summed E-state index contributed by atoms with van der Waals surface area (Å²) < 4.78 is 5.40. The van der Waals surface area contributed by atoms with Gasteiger partial charge in [0.1, 0.15) is 11.6 Å². The lowest BCUT2D eigenvalue weighted by Crippen LogP contribution is -2.39. The lowest BCUT2D eigenvalue weighted by atomic mass is 10.0. The van der Waals surface area contributed by atoms with E-state index in [1.807, 2.05) is 30.0 Å². The Labute approximate surface area is 182 Å². The van der Waals surface area contributed by atoms with Crippen molar-refractivity contribution in [1.82, 2.24) is 24.9 Å². The first-order valence-corrected chi connectivity index (χ1v) is 10.9. The number of nitrogens with zero attached hydrogens (tertiary/aromatic N) is 6. The van der Waals surface area contributed by atoms with Gasteiger partial charge in [0.15, 0.2) is 11.5 Å². The summed E-state index contributed by atoms with van der Waals surface area (Å²) in [6.07, 6.45) is 4.91. The third-order valence-electron chi connectivity index (χ3n) is 5.97. The van der Waals surface area contributed by atoms with Gasteiger partial charge >= 0.3 is 0 Å². The minimum absolute atomic E-state index is 0.0291. The van der Waals surface area contributed by atoms with Crippen molar-refractivity contribution in [3.8, 4) is 0 Å². The molecule has 0 radical (unpaired) electrons. The molecule has 1 saturated heterocycles. The first kappa shape index (κ1) is 21.3. The summed E-state index contributed by atoms with van der Waals surface area (Å²) >= 11 is 0. The fraction of sp³-hybridized carbons (Fsp3) is 0.591. The molecule has 1 saturated carbocycles. The Balaban J connectivity index is 1.63. The number of carbonyl (C=O) groups excluding carboxylic acids is 2. The van der Waals surface area contributed by atoms with Gasteiger partial charge < -0.3 is 19.2 Å². The van der Waals surface area contributed by atoms with Gasteiger partial charge in [0, 0.05) is 52.7 Å². The second-order valence-electron chi connectivity index (χ2n) is 8.74. The van der Waals surface area contributed by atoms with E-state index in [0.717, 1.165) is 49.4 Å². The quantitative estimate of drug-likeness (QED) is 0.701. The number of hydrogen-bond donors (Lipinski definition) is 0. The maximum Gasteiger partial charge on any atom is 0.276 e. The number of hydrogen-bond acceptors (Lipinski definition) is 7. The Hall–Kier alpha value is -2.97. The van der Waals surface area contributed by atoms with Gasteiger partial charge in [-0.2, -0.15) is 0 Å². The van der Waals surface area contributed by atoms with Crippen LogP contribution in [0.25, 0.3) is 0 Å². The highest BCUT2D eigenvalue weighted by Gasteiger charge is 2.34. The van der Waals surface area contributed by atoms with Crippen LogP contribution in [0, 0.1) is 0 Å². The van der Waals surface area contributed by atoms with E-state index in [2.05, 4.69) is 5.16 Å². The largest absolute Gasteiger partial charge is 0.363 e. The van der Waals surface area contributed by atoms with Crippen LogP contribution in [0.3, 0.4) is 0 Å². The average molecular weight is 427 g/mol. The molecule has 9 nitrogen and oxygen atoms in total.